The number of aliphatic imine (C=N–C) groups is 1. The van der Waals surface area contributed by atoms with E-state index in [1.165, 1.54) is 19.2 Å². The lowest BCUT2D eigenvalue weighted by atomic mass is 10.1. The Morgan fingerprint density at radius 2 is 1.83 bits per heavy atom. The van der Waals surface area contributed by atoms with Gasteiger partial charge in [0.2, 0.25) is 0 Å². The lowest BCUT2D eigenvalue weighted by Crippen LogP contribution is -2.51. The number of nitrogens with one attached hydrogen (secondary N) is 2. The number of hydrogen-bond acceptors (Lipinski definition) is 5. The van der Waals surface area contributed by atoms with E-state index in [0.29, 0.717) is 16.8 Å². The molecule has 0 spiro atoms. The maximum absolute atomic E-state index is 12.6. The first-order valence-electron chi connectivity index (χ1n) is 8.31. The van der Waals surface area contributed by atoms with Crippen molar-refractivity contribution in [2.45, 2.75) is 30.9 Å². The van der Waals surface area contributed by atoms with Crippen LogP contribution in [0.1, 0.15) is 18.4 Å². The van der Waals surface area contributed by atoms with Crippen LogP contribution in [0.2, 0.25) is 0 Å². The van der Waals surface area contributed by atoms with E-state index in [1.807, 2.05) is 0 Å². The van der Waals surface area contributed by atoms with Crippen LogP contribution in [-0.4, -0.2) is 55.3 Å². The van der Waals surface area contributed by atoms with Gasteiger partial charge >= 0.3 is 15.5 Å². The molecule has 1 fully saturated rings. The molecule has 0 radical (unpaired) electrons. The van der Waals surface area contributed by atoms with E-state index in [2.05, 4.69) is 15.6 Å². The van der Waals surface area contributed by atoms with Gasteiger partial charge in [-0.15, -0.1) is 24.0 Å². The second-order valence-corrected chi connectivity index (χ2v) is 8.05. The Hall–Kier alpha value is -1.68. The summed E-state index contributed by atoms with van der Waals surface area (Å²) in [5, 5.41) is 16.7. The largest absolute Gasteiger partial charge is 0.511 e. The molecule has 0 saturated carbocycles. The van der Waals surface area contributed by atoms with Gasteiger partial charge in [-0.1, -0.05) is 12.1 Å². The lowest BCUT2D eigenvalue weighted by molar-refractivity contribution is -0.384. The van der Waals surface area contributed by atoms with Crippen molar-refractivity contribution in [2.75, 3.05) is 20.1 Å². The number of sulfonamides is 1. The summed E-state index contributed by atoms with van der Waals surface area (Å²) in [5.74, 6) is 0.399. The van der Waals surface area contributed by atoms with Crippen LogP contribution < -0.4 is 10.6 Å². The fraction of sp³-hybridized carbons (Fsp3) is 0.533. The molecule has 0 bridgehead atoms. The van der Waals surface area contributed by atoms with Gasteiger partial charge in [-0.3, -0.25) is 15.1 Å². The maximum Gasteiger partial charge on any atom is 0.511 e. The Morgan fingerprint density at radius 3 is 2.28 bits per heavy atom. The highest BCUT2D eigenvalue weighted by atomic mass is 127. The van der Waals surface area contributed by atoms with E-state index >= 15 is 0 Å². The predicted octanol–water partition coefficient (Wildman–Crippen LogP) is 2.19. The molecule has 1 aromatic carbocycles. The fourth-order valence-electron chi connectivity index (χ4n) is 2.70. The molecule has 0 unspecified atom stereocenters. The van der Waals surface area contributed by atoms with Crippen molar-refractivity contribution in [1.29, 1.82) is 0 Å². The zero-order valence-electron chi connectivity index (χ0n) is 15.3. The second-order valence-electron chi connectivity index (χ2n) is 6.12. The number of rotatable bonds is 5. The van der Waals surface area contributed by atoms with Gasteiger partial charge in [0, 0.05) is 44.9 Å². The van der Waals surface area contributed by atoms with Gasteiger partial charge < -0.3 is 10.6 Å². The van der Waals surface area contributed by atoms with Crippen LogP contribution in [0.5, 0.6) is 0 Å². The number of halogens is 4. The summed E-state index contributed by atoms with van der Waals surface area (Å²) in [6, 6.07) is 5.72. The van der Waals surface area contributed by atoms with Crippen molar-refractivity contribution in [2.24, 2.45) is 4.99 Å². The average Bonchev–Trinajstić information content (AvgIpc) is 2.65. The number of nitro benzene ring substituents is 1. The van der Waals surface area contributed by atoms with Crippen LogP contribution in [0.25, 0.3) is 0 Å². The Labute approximate surface area is 183 Å². The second kappa shape index (κ2) is 10.4. The van der Waals surface area contributed by atoms with Crippen LogP contribution in [0.15, 0.2) is 29.3 Å². The number of piperidine rings is 1. The summed E-state index contributed by atoms with van der Waals surface area (Å²) >= 11 is 0. The zero-order valence-corrected chi connectivity index (χ0v) is 18.5. The molecule has 1 heterocycles. The molecule has 2 rings (SSSR count). The van der Waals surface area contributed by atoms with E-state index in [4.69, 9.17) is 0 Å². The highest BCUT2D eigenvalue weighted by Crippen LogP contribution is 2.28. The van der Waals surface area contributed by atoms with Crippen LogP contribution in [0.4, 0.5) is 18.9 Å². The monoisotopic (exact) mass is 551 g/mol. The molecule has 1 saturated heterocycles. The van der Waals surface area contributed by atoms with Gasteiger partial charge in [-0.2, -0.15) is 17.5 Å². The van der Waals surface area contributed by atoms with Gasteiger partial charge in [0.15, 0.2) is 5.96 Å². The van der Waals surface area contributed by atoms with Crippen molar-refractivity contribution in [3.05, 3.63) is 39.9 Å². The van der Waals surface area contributed by atoms with Crippen molar-refractivity contribution >= 4 is 45.6 Å². The van der Waals surface area contributed by atoms with Crippen molar-refractivity contribution in [3.63, 3.8) is 0 Å². The number of nitrogens with zero attached hydrogens (tertiary/aromatic N) is 3. The van der Waals surface area contributed by atoms with Gasteiger partial charge in [-0.05, 0) is 18.4 Å². The third-order valence-corrected chi connectivity index (χ3v) is 5.89. The normalized spacial score (nSPS) is 16.8. The summed E-state index contributed by atoms with van der Waals surface area (Å²) in [6.45, 7) is -0.142. The first-order valence-corrected chi connectivity index (χ1v) is 9.75. The SMILES string of the molecule is CN=C(NCc1ccc([N+](=O)[O-])cc1)NC1CCN(S(=O)(=O)C(F)(F)F)CC1.I. The van der Waals surface area contributed by atoms with Crippen LogP contribution >= 0.6 is 24.0 Å². The molecule has 0 atom stereocenters. The van der Waals surface area contributed by atoms with Gasteiger partial charge in [0.25, 0.3) is 5.69 Å². The highest BCUT2D eigenvalue weighted by molar-refractivity contribution is 14.0. The van der Waals surface area contributed by atoms with Gasteiger partial charge in [-0.25, -0.2) is 8.42 Å². The van der Waals surface area contributed by atoms with Crippen LogP contribution in [0, 0.1) is 10.1 Å². The number of alkyl halides is 3. The number of non-ortho nitro benzene ring substituents is 1. The fourth-order valence-corrected chi connectivity index (χ4v) is 3.68. The molecular weight excluding hydrogens is 530 g/mol. The first-order chi connectivity index (χ1) is 13.0. The first kappa shape index (κ1) is 25.4. The minimum atomic E-state index is -5.30. The topological polar surface area (TPSA) is 117 Å². The third kappa shape index (κ3) is 6.67. The van der Waals surface area contributed by atoms with Crippen LogP contribution in [-0.2, 0) is 16.6 Å². The quantitative estimate of drug-likeness (QED) is 0.191. The minimum absolute atomic E-state index is 0. The molecule has 2 N–H and O–H groups in total. The van der Waals surface area contributed by atoms with E-state index in [9.17, 15) is 31.7 Å². The molecule has 0 amide bonds. The molecule has 29 heavy (non-hydrogen) atoms. The summed E-state index contributed by atoms with van der Waals surface area (Å²) < 4.78 is 61.1. The summed E-state index contributed by atoms with van der Waals surface area (Å²) in [7, 11) is -3.78. The third-order valence-electron chi connectivity index (χ3n) is 4.26. The number of benzene rings is 1. The number of hydrogen-bond donors (Lipinski definition) is 2. The van der Waals surface area contributed by atoms with E-state index in [0.717, 1.165) is 5.56 Å². The molecule has 0 aliphatic carbocycles. The molecule has 1 aliphatic rings. The Morgan fingerprint density at radius 1 is 1.28 bits per heavy atom. The standard InChI is InChI=1S/C15H20F3N5O4S.HI/c1-19-14(20-10-11-2-4-13(5-3-11)23(24)25)21-12-6-8-22(9-7-12)28(26,27)15(16,17)18;/h2-5,12H,6-10H2,1H3,(H2,19,20,21);1H. The lowest BCUT2D eigenvalue weighted by Gasteiger charge is -2.32. The smallest absolute Gasteiger partial charge is 0.354 e. The molecule has 1 aliphatic heterocycles. The Bertz CT molecular complexity index is 825. The van der Waals surface area contributed by atoms with E-state index in [-0.39, 0.29) is 61.6 Å². The van der Waals surface area contributed by atoms with E-state index in [1.54, 1.807) is 12.1 Å². The summed E-state index contributed by atoms with van der Waals surface area (Å²) in [4.78, 5) is 14.2. The van der Waals surface area contributed by atoms with Crippen molar-refractivity contribution in [3.8, 4) is 0 Å². The highest BCUT2D eigenvalue weighted by Gasteiger charge is 2.50. The molecule has 0 aromatic heterocycles. The Balaban J connectivity index is 0.00000420. The Kier molecular flexibility index (Phi) is 9.08. The molecule has 1 aromatic rings. The molecular formula is C15H21F3IN5O4S. The molecule has 9 nitrogen and oxygen atoms in total. The summed E-state index contributed by atoms with van der Waals surface area (Å²) in [6.07, 6.45) is 0.404. The summed E-state index contributed by atoms with van der Waals surface area (Å²) in [5.41, 5.74) is -4.54. The van der Waals surface area contributed by atoms with Crippen molar-refractivity contribution in [1.82, 2.24) is 14.9 Å². The molecule has 14 heteroatoms. The maximum atomic E-state index is 12.6. The number of nitro groups is 1. The average molecular weight is 551 g/mol. The van der Waals surface area contributed by atoms with Crippen LogP contribution in [0.3, 0.4) is 0 Å². The zero-order chi connectivity index (χ0) is 20.9. The number of guanidine groups is 1. The van der Waals surface area contributed by atoms with Crippen molar-refractivity contribution < 1.29 is 26.5 Å². The predicted molar refractivity (Wildman–Crippen MR) is 111 cm³/mol. The molecule has 164 valence electrons. The minimum Gasteiger partial charge on any atom is -0.354 e. The van der Waals surface area contributed by atoms with E-state index < -0.39 is 20.5 Å². The van der Waals surface area contributed by atoms with Gasteiger partial charge in [0.05, 0.1) is 4.92 Å². The van der Waals surface area contributed by atoms with Gasteiger partial charge in [0.1, 0.15) is 0 Å².